The second kappa shape index (κ2) is 38.2. The van der Waals surface area contributed by atoms with Gasteiger partial charge in [-0.2, -0.15) is 0 Å². The predicted molar refractivity (Wildman–Crippen MR) is 279 cm³/mol. The number of unbranched alkanes of at least 4 members (excludes halogenated alkanes) is 33. The highest BCUT2D eigenvalue weighted by Crippen LogP contribution is 2.40. The highest BCUT2D eigenvalue weighted by Gasteiger charge is 2.21. The molecule has 9 nitrogen and oxygen atoms in total. The lowest BCUT2D eigenvalue weighted by molar-refractivity contribution is 0.102. The first kappa shape index (κ1) is 56.6. The standard InChI is InChI=1S/C57H95N3O6/c1-4-7-10-13-16-19-22-25-28-31-34-37-43-64-51-46-48(55(61)58-50-42-40-41-49-53(50)57(63)60-59-56(49)62)47-52(65-44-38-35-32-29-26-23-20-17-14-11-8-5-2)54(51)66-45-39-36-33-30-27-24-21-18-15-12-9-6-3/h40-42,46-47H,4-39,43-45H2,1-3H3,(H,58,61)(H,59,62)(H,60,63). The third-order valence-corrected chi connectivity index (χ3v) is 13.1. The summed E-state index contributed by atoms with van der Waals surface area (Å²) in [5.74, 6) is 1.13. The molecule has 1 amide bonds. The van der Waals surface area contributed by atoms with Crippen molar-refractivity contribution in [2.24, 2.45) is 0 Å². The quantitative estimate of drug-likeness (QED) is 0.0486. The molecule has 0 saturated carbocycles. The van der Waals surface area contributed by atoms with Gasteiger partial charge in [0, 0.05) is 5.56 Å². The van der Waals surface area contributed by atoms with Crippen LogP contribution in [0, 0.1) is 0 Å². The fourth-order valence-electron chi connectivity index (χ4n) is 8.96. The molecule has 0 atom stereocenters. The van der Waals surface area contributed by atoms with E-state index in [1.54, 1.807) is 30.3 Å². The van der Waals surface area contributed by atoms with Crippen LogP contribution in [0.1, 0.15) is 262 Å². The van der Waals surface area contributed by atoms with Crippen molar-refractivity contribution in [1.82, 2.24) is 10.2 Å². The predicted octanol–water partition coefficient (Wildman–Crippen LogP) is 16.7. The zero-order chi connectivity index (χ0) is 47.1. The van der Waals surface area contributed by atoms with E-state index in [1.165, 1.54) is 193 Å². The lowest BCUT2D eigenvalue weighted by Gasteiger charge is -2.19. The van der Waals surface area contributed by atoms with Crippen molar-refractivity contribution in [2.45, 2.75) is 252 Å². The number of H-pyrrole nitrogens is 2. The van der Waals surface area contributed by atoms with E-state index < -0.39 is 17.0 Å². The molecule has 3 aromatic rings. The van der Waals surface area contributed by atoms with Crippen LogP contribution in [0.4, 0.5) is 5.69 Å². The molecule has 66 heavy (non-hydrogen) atoms. The Labute approximate surface area is 401 Å². The number of aromatic nitrogens is 2. The second-order valence-electron chi connectivity index (χ2n) is 19.1. The first-order valence-corrected chi connectivity index (χ1v) is 27.6. The Morgan fingerprint density at radius 3 is 1.15 bits per heavy atom. The maximum atomic E-state index is 14.1. The van der Waals surface area contributed by atoms with Crippen molar-refractivity contribution >= 4 is 22.4 Å². The van der Waals surface area contributed by atoms with E-state index in [9.17, 15) is 14.4 Å². The number of nitrogens with one attached hydrogen (secondary N) is 3. The van der Waals surface area contributed by atoms with Crippen LogP contribution in [0.3, 0.4) is 0 Å². The topological polar surface area (TPSA) is 123 Å². The molecule has 2 aromatic carbocycles. The number of benzene rings is 2. The van der Waals surface area contributed by atoms with Gasteiger partial charge in [0.05, 0.1) is 36.3 Å². The molecule has 0 aliphatic carbocycles. The molecule has 3 rings (SSSR count). The van der Waals surface area contributed by atoms with Crippen LogP contribution in [0.2, 0.25) is 0 Å². The van der Waals surface area contributed by atoms with E-state index in [-0.39, 0.29) is 16.5 Å². The van der Waals surface area contributed by atoms with Gasteiger partial charge in [-0.3, -0.25) is 24.6 Å². The fraction of sp³-hybridized carbons (Fsp3) is 0.737. The molecule has 0 bridgehead atoms. The van der Waals surface area contributed by atoms with Gasteiger partial charge in [0.2, 0.25) is 5.75 Å². The van der Waals surface area contributed by atoms with E-state index in [2.05, 4.69) is 36.3 Å². The molecule has 1 heterocycles. The molecule has 374 valence electrons. The van der Waals surface area contributed by atoms with Crippen molar-refractivity contribution in [2.75, 3.05) is 25.1 Å². The van der Waals surface area contributed by atoms with Gasteiger partial charge in [-0.05, 0) is 43.5 Å². The third-order valence-electron chi connectivity index (χ3n) is 13.1. The second-order valence-corrected chi connectivity index (χ2v) is 19.1. The number of ether oxygens (including phenoxy) is 3. The first-order valence-electron chi connectivity index (χ1n) is 27.6. The summed E-state index contributed by atoms with van der Waals surface area (Å²) in [5, 5.41) is 8.00. The zero-order valence-corrected chi connectivity index (χ0v) is 42.4. The van der Waals surface area contributed by atoms with Crippen molar-refractivity contribution in [3.05, 3.63) is 56.6 Å². The van der Waals surface area contributed by atoms with Crippen molar-refractivity contribution in [3.8, 4) is 17.2 Å². The SMILES string of the molecule is CCCCCCCCCCCCCCOc1cc(C(=O)Nc2cccc3c(=O)[nH][nH]c(=O)c23)cc(OCCCCCCCCCCCCCC)c1OCCCCCCCCCCCCCC. The lowest BCUT2D eigenvalue weighted by Crippen LogP contribution is -2.21. The number of carbonyl (C=O) groups excluding carboxylic acids is 1. The van der Waals surface area contributed by atoms with Crippen molar-refractivity contribution < 1.29 is 19.0 Å². The molecule has 0 fully saturated rings. The summed E-state index contributed by atoms with van der Waals surface area (Å²) in [6, 6.07) is 8.35. The molecule has 0 saturated heterocycles. The van der Waals surface area contributed by atoms with Gasteiger partial charge in [-0.15, -0.1) is 0 Å². The maximum Gasteiger partial charge on any atom is 0.272 e. The molecule has 0 unspecified atom stereocenters. The van der Waals surface area contributed by atoms with Crippen LogP contribution >= 0.6 is 0 Å². The number of hydrogen-bond acceptors (Lipinski definition) is 6. The number of rotatable bonds is 44. The largest absolute Gasteiger partial charge is 0.490 e. The fourth-order valence-corrected chi connectivity index (χ4v) is 8.96. The Morgan fingerprint density at radius 1 is 0.439 bits per heavy atom. The zero-order valence-electron chi connectivity index (χ0n) is 42.4. The molecule has 1 aromatic heterocycles. The van der Waals surface area contributed by atoms with Gasteiger partial charge < -0.3 is 19.5 Å². The van der Waals surface area contributed by atoms with Crippen LogP contribution in [0.5, 0.6) is 17.2 Å². The summed E-state index contributed by atoms with van der Waals surface area (Å²) in [6.45, 7) is 8.38. The Kier molecular flexibility index (Phi) is 32.8. The van der Waals surface area contributed by atoms with Gasteiger partial charge >= 0.3 is 0 Å². The maximum absolute atomic E-state index is 14.1. The Bertz CT molecular complexity index is 1730. The van der Waals surface area contributed by atoms with Gasteiger partial charge in [0.15, 0.2) is 11.5 Å². The minimum Gasteiger partial charge on any atom is -0.490 e. The average Bonchev–Trinajstić information content (AvgIpc) is 3.32. The Morgan fingerprint density at radius 2 is 0.773 bits per heavy atom. The molecule has 3 N–H and O–H groups in total. The lowest BCUT2D eigenvalue weighted by atomic mass is 10.1. The molecular formula is C57H95N3O6. The smallest absolute Gasteiger partial charge is 0.272 e. The number of amides is 1. The van der Waals surface area contributed by atoms with Crippen LogP contribution in [0.25, 0.3) is 10.8 Å². The third kappa shape index (κ3) is 24.9. The highest BCUT2D eigenvalue weighted by atomic mass is 16.5. The minimum atomic E-state index is -0.486. The van der Waals surface area contributed by atoms with Crippen molar-refractivity contribution in [1.29, 1.82) is 0 Å². The number of anilines is 1. The van der Waals surface area contributed by atoms with Crippen molar-refractivity contribution in [3.63, 3.8) is 0 Å². The molecule has 0 spiro atoms. The summed E-state index contributed by atoms with van der Waals surface area (Å²) in [6.07, 6.45) is 45.6. The monoisotopic (exact) mass is 918 g/mol. The Hall–Kier alpha value is -3.75. The number of aromatic amines is 2. The van der Waals surface area contributed by atoms with Crippen LogP contribution < -0.4 is 30.6 Å². The molecule has 0 aliphatic heterocycles. The number of fused-ring (bicyclic) bond motifs is 1. The van der Waals surface area contributed by atoms with Gasteiger partial charge in [0.1, 0.15) is 0 Å². The van der Waals surface area contributed by atoms with Gasteiger partial charge in [-0.25, -0.2) is 0 Å². The summed E-state index contributed by atoms with van der Waals surface area (Å²) in [7, 11) is 0. The van der Waals surface area contributed by atoms with E-state index in [1.807, 2.05) is 0 Å². The minimum absolute atomic E-state index is 0.129. The van der Waals surface area contributed by atoms with Gasteiger partial charge in [0.25, 0.3) is 17.0 Å². The molecule has 9 heteroatoms. The van der Waals surface area contributed by atoms with Gasteiger partial charge in [-0.1, -0.05) is 239 Å². The normalized spacial score (nSPS) is 11.4. The molecule has 0 aliphatic rings. The van der Waals surface area contributed by atoms with E-state index in [0.717, 1.165) is 38.5 Å². The van der Waals surface area contributed by atoms with Crippen LogP contribution in [0.15, 0.2) is 39.9 Å². The first-order chi connectivity index (χ1) is 32.5. The average molecular weight is 918 g/mol. The highest BCUT2D eigenvalue weighted by molar-refractivity contribution is 6.09. The summed E-state index contributed by atoms with van der Waals surface area (Å²) in [4.78, 5) is 39.5. The van der Waals surface area contributed by atoms with E-state index in [4.69, 9.17) is 14.2 Å². The number of carbonyl (C=O) groups is 1. The summed E-state index contributed by atoms with van der Waals surface area (Å²) >= 11 is 0. The molecule has 0 radical (unpaired) electrons. The Balaban J connectivity index is 1.67. The van der Waals surface area contributed by atoms with Crippen LogP contribution in [-0.4, -0.2) is 35.9 Å². The van der Waals surface area contributed by atoms with E-state index in [0.29, 0.717) is 42.6 Å². The number of hydrogen-bond donors (Lipinski definition) is 3. The van der Waals surface area contributed by atoms with Crippen LogP contribution in [-0.2, 0) is 0 Å². The summed E-state index contributed by atoms with van der Waals surface area (Å²) < 4.78 is 19.6. The molecular weight excluding hydrogens is 823 g/mol. The summed E-state index contributed by atoms with van der Waals surface area (Å²) in [5.41, 5.74) is -0.326. The van der Waals surface area contributed by atoms with E-state index >= 15 is 0 Å².